The standard InChI is InChI=1S/C8H15NO2/c1-7(8(10)11)9-5-3-2-4-6-9/h7H,2-6H2,1H3,(H,10,11)/t7-/m0/s1. The van der Waals surface area contributed by atoms with Gasteiger partial charge in [0.2, 0.25) is 0 Å². The lowest BCUT2D eigenvalue weighted by atomic mass is 10.1. The van der Waals surface area contributed by atoms with Crippen LogP contribution < -0.4 is 0 Å². The molecule has 0 amide bonds. The molecule has 0 aromatic heterocycles. The SMILES string of the molecule is C[C@@H](C(=O)O)N1CCCCC1. The van der Waals surface area contributed by atoms with E-state index in [1.165, 1.54) is 6.42 Å². The Kier molecular flexibility index (Phi) is 2.88. The molecule has 0 spiro atoms. The molecule has 1 aliphatic rings. The van der Waals surface area contributed by atoms with E-state index >= 15 is 0 Å². The highest BCUT2D eigenvalue weighted by Crippen LogP contribution is 2.11. The summed E-state index contributed by atoms with van der Waals surface area (Å²) in [5, 5.41) is 8.69. The quantitative estimate of drug-likeness (QED) is 0.648. The molecule has 1 aliphatic heterocycles. The van der Waals surface area contributed by atoms with E-state index in [4.69, 9.17) is 5.11 Å². The van der Waals surface area contributed by atoms with Crippen LogP contribution in [0, 0.1) is 0 Å². The van der Waals surface area contributed by atoms with Crippen LogP contribution in [0.5, 0.6) is 0 Å². The summed E-state index contributed by atoms with van der Waals surface area (Å²) in [5.41, 5.74) is 0. The monoisotopic (exact) mass is 157 g/mol. The number of nitrogens with zero attached hydrogens (tertiary/aromatic N) is 1. The number of carboxylic acids is 1. The molecule has 3 heteroatoms. The predicted molar refractivity (Wildman–Crippen MR) is 42.5 cm³/mol. The molecule has 0 radical (unpaired) electrons. The van der Waals surface area contributed by atoms with Gasteiger partial charge in [-0.25, -0.2) is 0 Å². The fourth-order valence-corrected chi connectivity index (χ4v) is 1.46. The number of aliphatic carboxylic acids is 1. The van der Waals surface area contributed by atoms with Crippen molar-refractivity contribution in [3.63, 3.8) is 0 Å². The molecule has 0 aromatic rings. The zero-order valence-corrected chi connectivity index (χ0v) is 6.92. The second kappa shape index (κ2) is 3.72. The largest absolute Gasteiger partial charge is 0.480 e. The van der Waals surface area contributed by atoms with Gasteiger partial charge in [0, 0.05) is 0 Å². The van der Waals surface area contributed by atoms with Crippen molar-refractivity contribution in [2.75, 3.05) is 13.1 Å². The zero-order chi connectivity index (χ0) is 8.27. The van der Waals surface area contributed by atoms with Crippen LogP contribution in [0.3, 0.4) is 0 Å². The van der Waals surface area contributed by atoms with E-state index in [9.17, 15) is 4.79 Å². The van der Waals surface area contributed by atoms with Gasteiger partial charge in [0.25, 0.3) is 0 Å². The molecular weight excluding hydrogens is 142 g/mol. The topological polar surface area (TPSA) is 40.5 Å². The molecule has 1 atom stereocenters. The maximum Gasteiger partial charge on any atom is 0.320 e. The summed E-state index contributed by atoms with van der Waals surface area (Å²) in [6.07, 6.45) is 3.55. The minimum absolute atomic E-state index is 0.296. The summed E-state index contributed by atoms with van der Waals surface area (Å²) in [4.78, 5) is 12.6. The van der Waals surface area contributed by atoms with Crippen molar-refractivity contribution < 1.29 is 9.90 Å². The van der Waals surface area contributed by atoms with E-state index in [2.05, 4.69) is 0 Å². The molecule has 11 heavy (non-hydrogen) atoms. The van der Waals surface area contributed by atoms with E-state index < -0.39 is 5.97 Å². The average molecular weight is 157 g/mol. The third-order valence-corrected chi connectivity index (χ3v) is 2.30. The predicted octanol–water partition coefficient (Wildman–Crippen LogP) is 0.945. The first-order valence-corrected chi connectivity index (χ1v) is 4.18. The lowest BCUT2D eigenvalue weighted by Crippen LogP contribution is -2.41. The maximum atomic E-state index is 10.6. The molecule has 0 bridgehead atoms. The summed E-state index contributed by atoms with van der Waals surface area (Å²) in [7, 11) is 0. The van der Waals surface area contributed by atoms with Crippen molar-refractivity contribution in [1.29, 1.82) is 0 Å². The smallest absolute Gasteiger partial charge is 0.320 e. The Balaban J connectivity index is 2.38. The van der Waals surface area contributed by atoms with Crippen LogP contribution in [0.25, 0.3) is 0 Å². The Morgan fingerprint density at radius 3 is 2.36 bits per heavy atom. The van der Waals surface area contributed by atoms with Crippen LogP contribution in [-0.4, -0.2) is 35.1 Å². The minimum atomic E-state index is -0.702. The Labute approximate surface area is 67.0 Å². The van der Waals surface area contributed by atoms with Gasteiger partial charge in [-0.2, -0.15) is 0 Å². The fraction of sp³-hybridized carbons (Fsp3) is 0.875. The Morgan fingerprint density at radius 2 is 1.91 bits per heavy atom. The number of carbonyl (C=O) groups is 1. The number of likely N-dealkylation sites (tertiary alicyclic amines) is 1. The lowest BCUT2D eigenvalue weighted by molar-refractivity contribution is -0.142. The first kappa shape index (κ1) is 8.53. The molecule has 1 saturated heterocycles. The third-order valence-electron chi connectivity index (χ3n) is 2.30. The number of hydrogen-bond donors (Lipinski definition) is 1. The van der Waals surface area contributed by atoms with Gasteiger partial charge in [0.05, 0.1) is 0 Å². The van der Waals surface area contributed by atoms with E-state index in [0.29, 0.717) is 0 Å². The minimum Gasteiger partial charge on any atom is -0.480 e. The molecule has 1 rings (SSSR count). The van der Waals surface area contributed by atoms with E-state index in [1.807, 2.05) is 4.90 Å². The average Bonchev–Trinajstić information content (AvgIpc) is 2.05. The molecule has 1 N–H and O–H groups in total. The Bertz CT molecular complexity index is 141. The third kappa shape index (κ3) is 2.19. The van der Waals surface area contributed by atoms with Crippen molar-refractivity contribution in [1.82, 2.24) is 4.90 Å². The first-order valence-electron chi connectivity index (χ1n) is 4.18. The molecule has 3 nitrogen and oxygen atoms in total. The van der Waals surface area contributed by atoms with Gasteiger partial charge in [-0.05, 0) is 32.9 Å². The van der Waals surface area contributed by atoms with Crippen LogP contribution in [0.2, 0.25) is 0 Å². The van der Waals surface area contributed by atoms with Crippen LogP contribution in [0.15, 0.2) is 0 Å². The molecule has 64 valence electrons. The lowest BCUT2D eigenvalue weighted by Gasteiger charge is -2.29. The van der Waals surface area contributed by atoms with Gasteiger partial charge in [-0.15, -0.1) is 0 Å². The maximum absolute atomic E-state index is 10.6. The van der Waals surface area contributed by atoms with Crippen LogP contribution in [-0.2, 0) is 4.79 Å². The van der Waals surface area contributed by atoms with Crippen molar-refractivity contribution in [2.45, 2.75) is 32.2 Å². The van der Waals surface area contributed by atoms with Crippen LogP contribution in [0.1, 0.15) is 26.2 Å². The first-order chi connectivity index (χ1) is 5.22. The van der Waals surface area contributed by atoms with Gasteiger partial charge in [-0.3, -0.25) is 9.69 Å². The fourth-order valence-electron chi connectivity index (χ4n) is 1.46. The normalized spacial score (nSPS) is 23.0. The van der Waals surface area contributed by atoms with Crippen molar-refractivity contribution in [3.05, 3.63) is 0 Å². The Hall–Kier alpha value is -0.570. The highest BCUT2D eigenvalue weighted by atomic mass is 16.4. The zero-order valence-electron chi connectivity index (χ0n) is 6.92. The van der Waals surface area contributed by atoms with Crippen molar-refractivity contribution in [2.24, 2.45) is 0 Å². The van der Waals surface area contributed by atoms with Crippen molar-refractivity contribution >= 4 is 5.97 Å². The summed E-state index contributed by atoms with van der Waals surface area (Å²) >= 11 is 0. The highest BCUT2D eigenvalue weighted by molar-refractivity contribution is 5.72. The Morgan fingerprint density at radius 1 is 1.36 bits per heavy atom. The number of carboxylic acid groups (broad SMARTS) is 1. The van der Waals surface area contributed by atoms with Crippen LogP contribution >= 0.6 is 0 Å². The van der Waals surface area contributed by atoms with E-state index in [0.717, 1.165) is 25.9 Å². The second-order valence-electron chi connectivity index (χ2n) is 3.11. The number of rotatable bonds is 2. The van der Waals surface area contributed by atoms with E-state index in [-0.39, 0.29) is 6.04 Å². The van der Waals surface area contributed by atoms with Crippen molar-refractivity contribution in [3.8, 4) is 0 Å². The van der Waals surface area contributed by atoms with Gasteiger partial charge in [0.1, 0.15) is 6.04 Å². The summed E-state index contributed by atoms with van der Waals surface area (Å²) < 4.78 is 0. The molecule has 0 saturated carbocycles. The number of piperidine rings is 1. The van der Waals surface area contributed by atoms with Crippen LogP contribution in [0.4, 0.5) is 0 Å². The van der Waals surface area contributed by atoms with Gasteiger partial charge in [0.15, 0.2) is 0 Å². The summed E-state index contributed by atoms with van der Waals surface area (Å²) in [6.45, 7) is 3.66. The van der Waals surface area contributed by atoms with Gasteiger partial charge < -0.3 is 5.11 Å². The number of hydrogen-bond acceptors (Lipinski definition) is 2. The molecule has 1 heterocycles. The molecular formula is C8H15NO2. The second-order valence-corrected chi connectivity index (χ2v) is 3.11. The van der Waals surface area contributed by atoms with E-state index in [1.54, 1.807) is 6.92 Å². The molecule has 1 fully saturated rings. The summed E-state index contributed by atoms with van der Waals surface area (Å²) in [6, 6.07) is -0.296. The summed E-state index contributed by atoms with van der Waals surface area (Å²) in [5.74, 6) is -0.702. The molecule has 0 aliphatic carbocycles. The molecule has 0 unspecified atom stereocenters. The van der Waals surface area contributed by atoms with Gasteiger partial charge in [-0.1, -0.05) is 6.42 Å². The highest BCUT2D eigenvalue weighted by Gasteiger charge is 2.21. The molecule has 0 aromatic carbocycles. The van der Waals surface area contributed by atoms with Gasteiger partial charge >= 0.3 is 5.97 Å².